The fraction of sp³-hybridized carbons (Fsp3) is 1.00. The Balaban J connectivity index is 1.76. The summed E-state index contributed by atoms with van der Waals surface area (Å²) in [6, 6.07) is 2.32. The predicted octanol–water partition coefficient (Wildman–Crippen LogP) is 2.39. The van der Waals surface area contributed by atoms with Crippen LogP contribution in [0.2, 0.25) is 0 Å². The molecular weight excluding hydrogens is 184 g/mol. The van der Waals surface area contributed by atoms with Crippen LogP contribution in [0.15, 0.2) is 0 Å². The highest BCUT2D eigenvalue weighted by Crippen LogP contribution is 2.20. The van der Waals surface area contributed by atoms with Crippen molar-refractivity contribution in [1.82, 2.24) is 10.2 Å². The van der Waals surface area contributed by atoms with Crippen molar-refractivity contribution in [2.24, 2.45) is 0 Å². The molecule has 1 saturated heterocycles. The van der Waals surface area contributed by atoms with Gasteiger partial charge in [-0.25, -0.2) is 0 Å². The van der Waals surface area contributed by atoms with Crippen molar-refractivity contribution < 1.29 is 0 Å². The van der Waals surface area contributed by atoms with Gasteiger partial charge < -0.3 is 5.32 Å². The van der Waals surface area contributed by atoms with Gasteiger partial charge in [-0.15, -0.1) is 0 Å². The maximum Gasteiger partial charge on any atom is 0.0198 e. The van der Waals surface area contributed by atoms with Gasteiger partial charge in [0.25, 0.3) is 0 Å². The van der Waals surface area contributed by atoms with Gasteiger partial charge in [0.2, 0.25) is 0 Å². The number of rotatable bonds is 3. The van der Waals surface area contributed by atoms with Crippen LogP contribution in [0.3, 0.4) is 0 Å². The van der Waals surface area contributed by atoms with Crippen molar-refractivity contribution in [3.63, 3.8) is 0 Å². The van der Waals surface area contributed by atoms with E-state index in [0.717, 1.165) is 18.1 Å². The minimum absolute atomic E-state index is 0.721. The second kappa shape index (κ2) is 5.31. The van der Waals surface area contributed by atoms with Crippen LogP contribution in [-0.2, 0) is 0 Å². The van der Waals surface area contributed by atoms with Gasteiger partial charge in [-0.05, 0) is 46.1 Å². The van der Waals surface area contributed by atoms with Crippen molar-refractivity contribution in [1.29, 1.82) is 0 Å². The molecular formula is C13H26N2. The third kappa shape index (κ3) is 3.18. The Morgan fingerprint density at radius 3 is 2.33 bits per heavy atom. The van der Waals surface area contributed by atoms with Gasteiger partial charge in [0.1, 0.15) is 0 Å². The van der Waals surface area contributed by atoms with Crippen molar-refractivity contribution in [2.75, 3.05) is 13.1 Å². The Bertz CT molecular complexity index is 183. The van der Waals surface area contributed by atoms with E-state index in [1.165, 1.54) is 51.6 Å². The monoisotopic (exact) mass is 210 g/mol. The van der Waals surface area contributed by atoms with E-state index in [4.69, 9.17) is 0 Å². The van der Waals surface area contributed by atoms with E-state index in [1.54, 1.807) is 0 Å². The molecule has 2 nitrogen and oxygen atoms in total. The normalized spacial score (nSPS) is 30.2. The molecule has 0 spiro atoms. The lowest BCUT2D eigenvalue weighted by Gasteiger charge is -2.37. The predicted molar refractivity (Wildman–Crippen MR) is 65.1 cm³/mol. The minimum Gasteiger partial charge on any atom is -0.310 e. The standard InChI is InChI=1S/C13H26N2/c1-11(2)15-9-5-8-13(10-15)14-12-6-3-4-7-12/h11-14H,3-10H2,1-2H3. The molecule has 2 rings (SSSR count). The summed E-state index contributed by atoms with van der Waals surface area (Å²) >= 11 is 0. The molecule has 2 fully saturated rings. The smallest absolute Gasteiger partial charge is 0.0198 e. The van der Waals surface area contributed by atoms with Gasteiger partial charge in [-0.3, -0.25) is 4.90 Å². The van der Waals surface area contributed by atoms with Crippen molar-refractivity contribution in [3.05, 3.63) is 0 Å². The van der Waals surface area contributed by atoms with Gasteiger partial charge in [-0.1, -0.05) is 12.8 Å². The van der Waals surface area contributed by atoms with E-state index in [0.29, 0.717) is 0 Å². The van der Waals surface area contributed by atoms with Gasteiger partial charge in [0, 0.05) is 24.7 Å². The number of hydrogen-bond acceptors (Lipinski definition) is 2. The number of piperidine rings is 1. The molecule has 0 aromatic heterocycles. The average molecular weight is 210 g/mol. The molecule has 15 heavy (non-hydrogen) atoms. The zero-order chi connectivity index (χ0) is 10.7. The molecule has 0 bridgehead atoms. The van der Waals surface area contributed by atoms with Crippen LogP contribution < -0.4 is 5.32 Å². The quantitative estimate of drug-likeness (QED) is 0.769. The molecule has 0 amide bonds. The van der Waals surface area contributed by atoms with Crippen LogP contribution in [0.25, 0.3) is 0 Å². The first-order chi connectivity index (χ1) is 7.25. The molecule has 1 aliphatic heterocycles. The summed E-state index contributed by atoms with van der Waals surface area (Å²) in [5.41, 5.74) is 0. The summed E-state index contributed by atoms with van der Waals surface area (Å²) in [5, 5.41) is 3.86. The van der Waals surface area contributed by atoms with Crippen LogP contribution in [0.5, 0.6) is 0 Å². The van der Waals surface area contributed by atoms with Crippen LogP contribution in [-0.4, -0.2) is 36.1 Å². The second-order valence-corrected chi connectivity index (χ2v) is 5.58. The molecule has 88 valence electrons. The van der Waals surface area contributed by atoms with Gasteiger partial charge in [0.15, 0.2) is 0 Å². The third-order valence-corrected chi connectivity index (χ3v) is 4.01. The van der Waals surface area contributed by atoms with E-state index < -0.39 is 0 Å². The van der Waals surface area contributed by atoms with Crippen molar-refractivity contribution >= 4 is 0 Å². The van der Waals surface area contributed by atoms with Crippen LogP contribution >= 0.6 is 0 Å². The SMILES string of the molecule is CC(C)N1CCCC(NC2CCCC2)C1. The van der Waals surface area contributed by atoms with Gasteiger partial charge in [0.05, 0.1) is 0 Å². The Morgan fingerprint density at radius 1 is 1.00 bits per heavy atom. The molecule has 2 aliphatic rings. The van der Waals surface area contributed by atoms with Crippen LogP contribution in [0.1, 0.15) is 52.4 Å². The third-order valence-electron chi connectivity index (χ3n) is 4.01. The fourth-order valence-electron chi connectivity index (χ4n) is 3.04. The van der Waals surface area contributed by atoms with Crippen LogP contribution in [0.4, 0.5) is 0 Å². The number of nitrogens with one attached hydrogen (secondary N) is 1. The highest BCUT2D eigenvalue weighted by Gasteiger charge is 2.24. The van der Waals surface area contributed by atoms with Crippen molar-refractivity contribution in [3.8, 4) is 0 Å². The number of nitrogens with zero attached hydrogens (tertiary/aromatic N) is 1. The fourth-order valence-corrected chi connectivity index (χ4v) is 3.04. The molecule has 0 aromatic rings. The zero-order valence-electron chi connectivity index (χ0n) is 10.3. The van der Waals surface area contributed by atoms with Gasteiger partial charge >= 0.3 is 0 Å². The Hall–Kier alpha value is -0.0800. The number of likely N-dealkylation sites (tertiary alicyclic amines) is 1. The van der Waals surface area contributed by atoms with Crippen LogP contribution in [0, 0.1) is 0 Å². The molecule has 1 heterocycles. The molecule has 1 atom stereocenters. The molecule has 1 N–H and O–H groups in total. The van der Waals surface area contributed by atoms with Gasteiger partial charge in [-0.2, -0.15) is 0 Å². The zero-order valence-corrected chi connectivity index (χ0v) is 10.3. The molecule has 1 aliphatic carbocycles. The highest BCUT2D eigenvalue weighted by atomic mass is 15.2. The van der Waals surface area contributed by atoms with E-state index in [1.807, 2.05) is 0 Å². The molecule has 0 radical (unpaired) electrons. The van der Waals surface area contributed by atoms with E-state index >= 15 is 0 Å². The maximum absolute atomic E-state index is 3.86. The lowest BCUT2D eigenvalue weighted by Crippen LogP contribution is -2.50. The molecule has 2 heteroatoms. The first kappa shape index (κ1) is 11.4. The summed E-state index contributed by atoms with van der Waals surface area (Å²) < 4.78 is 0. The Kier molecular flexibility index (Phi) is 4.04. The Morgan fingerprint density at radius 2 is 1.67 bits per heavy atom. The summed E-state index contributed by atoms with van der Waals surface area (Å²) in [6.07, 6.45) is 8.48. The first-order valence-electron chi connectivity index (χ1n) is 6.76. The van der Waals surface area contributed by atoms with E-state index in [2.05, 4.69) is 24.1 Å². The molecule has 0 aromatic carbocycles. The average Bonchev–Trinajstić information content (AvgIpc) is 2.71. The second-order valence-electron chi connectivity index (χ2n) is 5.58. The lowest BCUT2D eigenvalue weighted by atomic mass is 10.0. The topological polar surface area (TPSA) is 15.3 Å². The highest BCUT2D eigenvalue weighted by molar-refractivity contribution is 4.84. The Labute approximate surface area is 94.4 Å². The summed E-state index contributed by atoms with van der Waals surface area (Å²) in [5.74, 6) is 0. The van der Waals surface area contributed by atoms with Crippen molar-refractivity contribution in [2.45, 2.75) is 70.5 Å². The summed E-state index contributed by atoms with van der Waals surface area (Å²) in [7, 11) is 0. The maximum atomic E-state index is 3.86. The summed E-state index contributed by atoms with van der Waals surface area (Å²) in [6.45, 7) is 7.21. The number of hydrogen-bond donors (Lipinski definition) is 1. The molecule has 1 saturated carbocycles. The summed E-state index contributed by atoms with van der Waals surface area (Å²) in [4.78, 5) is 2.62. The minimum atomic E-state index is 0.721. The van der Waals surface area contributed by atoms with E-state index in [-0.39, 0.29) is 0 Å². The first-order valence-corrected chi connectivity index (χ1v) is 6.76. The lowest BCUT2D eigenvalue weighted by molar-refractivity contribution is 0.149. The molecule has 1 unspecified atom stereocenters. The van der Waals surface area contributed by atoms with E-state index in [9.17, 15) is 0 Å². The largest absolute Gasteiger partial charge is 0.310 e.